The molecule has 0 aliphatic rings. The first-order chi connectivity index (χ1) is 7.77. The summed E-state index contributed by atoms with van der Waals surface area (Å²) >= 11 is 0. The van der Waals surface area contributed by atoms with E-state index in [1.54, 1.807) is 6.07 Å². The standard InChI is InChI=1S/C12H7NO3/c14-12(15)11-9-6-5-7-3-1-2-4-8(7)10(9)13-16-11/h1-6H,(H,14,15). The highest BCUT2D eigenvalue weighted by Crippen LogP contribution is 2.26. The molecule has 1 heterocycles. The van der Waals surface area contributed by atoms with Crippen LogP contribution in [0.2, 0.25) is 0 Å². The quantitative estimate of drug-likeness (QED) is 0.675. The average molecular weight is 213 g/mol. The van der Waals surface area contributed by atoms with Crippen LogP contribution in [-0.4, -0.2) is 16.2 Å². The van der Waals surface area contributed by atoms with Gasteiger partial charge >= 0.3 is 5.97 Å². The maximum atomic E-state index is 10.9. The van der Waals surface area contributed by atoms with E-state index in [0.717, 1.165) is 10.8 Å². The summed E-state index contributed by atoms with van der Waals surface area (Å²) in [7, 11) is 0. The number of rotatable bonds is 1. The molecule has 78 valence electrons. The monoisotopic (exact) mass is 213 g/mol. The van der Waals surface area contributed by atoms with Crippen LogP contribution in [0.3, 0.4) is 0 Å². The van der Waals surface area contributed by atoms with Crippen LogP contribution in [0.5, 0.6) is 0 Å². The zero-order valence-electron chi connectivity index (χ0n) is 8.18. The van der Waals surface area contributed by atoms with Gasteiger partial charge in [-0.1, -0.05) is 35.5 Å². The van der Waals surface area contributed by atoms with Crippen molar-refractivity contribution in [2.45, 2.75) is 0 Å². The number of nitrogens with zero attached hydrogens (tertiary/aromatic N) is 1. The van der Waals surface area contributed by atoms with E-state index in [2.05, 4.69) is 5.16 Å². The maximum Gasteiger partial charge on any atom is 0.375 e. The van der Waals surface area contributed by atoms with Crippen molar-refractivity contribution in [1.29, 1.82) is 0 Å². The van der Waals surface area contributed by atoms with Gasteiger partial charge in [-0.15, -0.1) is 0 Å². The number of aromatic carboxylic acids is 1. The summed E-state index contributed by atoms with van der Waals surface area (Å²) in [5.41, 5.74) is 0.593. The van der Waals surface area contributed by atoms with Gasteiger partial charge in [-0.2, -0.15) is 0 Å². The molecule has 4 nitrogen and oxygen atoms in total. The predicted molar refractivity (Wildman–Crippen MR) is 58.5 cm³/mol. The molecule has 2 aromatic carbocycles. The van der Waals surface area contributed by atoms with E-state index >= 15 is 0 Å². The Morgan fingerprint density at radius 3 is 2.75 bits per heavy atom. The van der Waals surface area contributed by atoms with Crippen LogP contribution in [0.15, 0.2) is 40.9 Å². The Kier molecular flexibility index (Phi) is 1.71. The molecular formula is C12H7NO3. The second-order valence-corrected chi connectivity index (χ2v) is 3.50. The van der Waals surface area contributed by atoms with Gasteiger partial charge in [0, 0.05) is 5.39 Å². The van der Waals surface area contributed by atoms with E-state index in [1.807, 2.05) is 30.3 Å². The molecule has 0 bridgehead atoms. The molecule has 1 N–H and O–H groups in total. The van der Waals surface area contributed by atoms with Gasteiger partial charge in [0.25, 0.3) is 5.76 Å². The molecule has 0 aliphatic carbocycles. The number of hydrogen-bond acceptors (Lipinski definition) is 3. The minimum absolute atomic E-state index is 0.110. The molecule has 16 heavy (non-hydrogen) atoms. The third-order valence-corrected chi connectivity index (χ3v) is 2.57. The number of aromatic nitrogens is 1. The fourth-order valence-electron chi connectivity index (χ4n) is 1.83. The topological polar surface area (TPSA) is 63.3 Å². The summed E-state index contributed by atoms with van der Waals surface area (Å²) in [6.45, 7) is 0. The molecule has 0 aliphatic heterocycles. The Balaban J connectivity index is 2.49. The maximum absolute atomic E-state index is 10.9. The van der Waals surface area contributed by atoms with E-state index in [4.69, 9.17) is 9.63 Å². The van der Waals surface area contributed by atoms with Crippen LogP contribution >= 0.6 is 0 Å². The lowest BCUT2D eigenvalue weighted by atomic mass is 10.1. The fraction of sp³-hybridized carbons (Fsp3) is 0. The summed E-state index contributed by atoms with van der Waals surface area (Å²) in [6.07, 6.45) is 0. The molecule has 3 aromatic rings. The molecule has 4 heteroatoms. The number of hydrogen-bond donors (Lipinski definition) is 1. The lowest BCUT2D eigenvalue weighted by Crippen LogP contribution is -1.93. The van der Waals surface area contributed by atoms with Gasteiger partial charge in [0.1, 0.15) is 5.52 Å². The molecule has 1 aromatic heterocycles. The van der Waals surface area contributed by atoms with Gasteiger partial charge in [-0.3, -0.25) is 0 Å². The van der Waals surface area contributed by atoms with Crippen molar-refractivity contribution < 1.29 is 14.4 Å². The molecule has 0 saturated heterocycles. The Morgan fingerprint density at radius 1 is 1.12 bits per heavy atom. The average Bonchev–Trinajstić information content (AvgIpc) is 2.73. The predicted octanol–water partition coefficient (Wildman–Crippen LogP) is 2.68. The lowest BCUT2D eigenvalue weighted by Gasteiger charge is -1.96. The van der Waals surface area contributed by atoms with E-state index in [9.17, 15) is 4.79 Å². The smallest absolute Gasteiger partial charge is 0.375 e. The highest BCUT2D eigenvalue weighted by atomic mass is 16.5. The normalized spacial score (nSPS) is 11.0. The van der Waals surface area contributed by atoms with Crippen molar-refractivity contribution in [1.82, 2.24) is 5.16 Å². The molecule has 0 unspecified atom stereocenters. The van der Waals surface area contributed by atoms with E-state index in [1.165, 1.54) is 0 Å². The van der Waals surface area contributed by atoms with Crippen molar-refractivity contribution in [3.63, 3.8) is 0 Å². The number of fused-ring (bicyclic) bond motifs is 3. The Bertz CT molecular complexity index is 700. The molecule has 0 fully saturated rings. The molecule has 0 spiro atoms. The van der Waals surface area contributed by atoms with Crippen molar-refractivity contribution in [2.24, 2.45) is 0 Å². The Labute approximate surface area is 90.1 Å². The second kappa shape index (κ2) is 3.06. The van der Waals surface area contributed by atoms with Crippen LogP contribution in [0.1, 0.15) is 10.6 Å². The molecule has 0 radical (unpaired) electrons. The lowest BCUT2D eigenvalue weighted by molar-refractivity contribution is 0.0655. The Morgan fingerprint density at radius 2 is 1.94 bits per heavy atom. The SMILES string of the molecule is O=C(O)c1onc2c1ccc1ccccc12. The van der Waals surface area contributed by atoms with Crippen LogP contribution in [0.25, 0.3) is 21.7 Å². The van der Waals surface area contributed by atoms with Crippen LogP contribution in [0, 0.1) is 0 Å². The zero-order valence-corrected chi connectivity index (χ0v) is 8.18. The third kappa shape index (κ3) is 1.10. The largest absolute Gasteiger partial charge is 0.475 e. The van der Waals surface area contributed by atoms with Gasteiger partial charge in [0.05, 0.1) is 5.39 Å². The van der Waals surface area contributed by atoms with Gasteiger partial charge < -0.3 is 9.63 Å². The van der Waals surface area contributed by atoms with Gasteiger partial charge in [-0.05, 0) is 11.5 Å². The van der Waals surface area contributed by atoms with Crippen LogP contribution in [-0.2, 0) is 0 Å². The summed E-state index contributed by atoms with van der Waals surface area (Å²) in [6, 6.07) is 11.2. The van der Waals surface area contributed by atoms with Gasteiger partial charge in [-0.25, -0.2) is 4.79 Å². The summed E-state index contributed by atoms with van der Waals surface area (Å²) < 4.78 is 4.84. The van der Waals surface area contributed by atoms with Gasteiger partial charge in [0.2, 0.25) is 0 Å². The molecule has 0 amide bonds. The second-order valence-electron chi connectivity index (χ2n) is 3.50. The van der Waals surface area contributed by atoms with E-state index in [-0.39, 0.29) is 5.76 Å². The first kappa shape index (κ1) is 8.91. The highest BCUT2D eigenvalue weighted by molar-refractivity contribution is 6.10. The molecule has 0 saturated carbocycles. The number of carboxylic acid groups (broad SMARTS) is 1. The molecule has 0 atom stereocenters. The summed E-state index contributed by atoms with van der Waals surface area (Å²) in [4.78, 5) is 10.9. The fourth-order valence-corrected chi connectivity index (χ4v) is 1.83. The third-order valence-electron chi connectivity index (χ3n) is 2.57. The van der Waals surface area contributed by atoms with Gasteiger partial charge in [0.15, 0.2) is 0 Å². The summed E-state index contributed by atoms with van der Waals surface area (Å²) in [5.74, 6) is -1.21. The number of benzene rings is 2. The summed E-state index contributed by atoms with van der Waals surface area (Å²) in [5, 5.41) is 15.2. The van der Waals surface area contributed by atoms with Crippen molar-refractivity contribution >= 4 is 27.6 Å². The molecular weight excluding hydrogens is 206 g/mol. The number of carbonyl (C=O) groups is 1. The first-order valence-electron chi connectivity index (χ1n) is 4.78. The van der Waals surface area contributed by atoms with E-state index < -0.39 is 5.97 Å². The van der Waals surface area contributed by atoms with Crippen LogP contribution in [0.4, 0.5) is 0 Å². The number of carboxylic acids is 1. The van der Waals surface area contributed by atoms with E-state index in [0.29, 0.717) is 10.9 Å². The molecule has 3 rings (SSSR count). The van der Waals surface area contributed by atoms with Crippen molar-refractivity contribution in [3.05, 3.63) is 42.2 Å². The minimum atomic E-state index is -1.10. The van der Waals surface area contributed by atoms with Crippen molar-refractivity contribution in [2.75, 3.05) is 0 Å². The van der Waals surface area contributed by atoms with Crippen LogP contribution < -0.4 is 0 Å². The van der Waals surface area contributed by atoms with Crippen molar-refractivity contribution in [3.8, 4) is 0 Å². The minimum Gasteiger partial charge on any atom is -0.475 e. The first-order valence-corrected chi connectivity index (χ1v) is 4.78. The zero-order chi connectivity index (χ0) is 11.1. The Hall–Kier alpha value is -2.36. The highest BCUT2D eigenvalue weighted by Gasteiger charge is 2.16.